The summed E-state index contributed by atoms with van der Waals surface area (Å²) >= 11 is 3.39. The van der Waals surface area contributed by atoms with Crippen molar-refractivity contribution in [2.45, 2.75) is 18.3 Å². The highest BCUT2D eigenvalue weighted by atomic mass is 79.9. The Bertz CT molecular complexity index is 429. The molecule has 0 fully saturated rings. The normalized spacial score (nSPS) is 18.8. The van der Waals surface area contributed by atoms with E-state index in [9.17, 15) is 4.79 Å². The molecule has 0 aliphatic carbocycles. The van der Waals surface area contributed by atoms with Gasteiger partial charge in [0.25, 0.3) is 0 Å². The van der Waals surface area contributed by atoms with Crippen LogP contribution in [0.2, 0.25) is 0 Å². The maximum absolute atomic E-state index is 10.9. The number of carbonyl (C=O) groups is 1. The van der Waals surface area contributed by atoms with Crippen LogP contribution in [0.3, 0.4) is 0 Å². The zero-order valence-electron chi connectivity index (χ0n) is 8.33. The van der Waals surface area contributed by atoms with Gasteiger partial charge in [-0.05, 0) is 18.6 Å². The van der Waals surface area contributed by atoms with Crippen LogP contribution in [0, 0.1) is 0 Å². The highest BCUT2D eigenvalue weighted by Gasteiger charge is 2.18. The third kappa shape index (κ3) is 1.95. The Morgan fingerprint density at radius 3 is 3.07 bits per heavy atom. The van der Waals surface area contributed by atoms with Crippen molar-refractivity contribution in [2.24, 2.45) is 4.99 Å². The van der Waals surface area contributed by atoms with Crippen LogP contribution in [0.1, 0.15) is 24.1 Å². The molecule has 1 atom stereocenters. The maximum Gasteiger partial charge on any atom is 0.149 e. The molecule has 0 bridgehead atoms. The van der Waals surface area contributed by atoms with E-state index < -0.39 is 0 Å². The van der Waals surface area contributed by atoms with E-state index >= 15 is 0 Å². The molecule has 0 amide bonds. The smallest absolute Gasteiger partial charge is 0.149 e. The predicted octanol–water partition coefficient (Wildman–Crippen LogP) is 2.67. The number of nitrogens with zero attached hydrogens (tertiary/aromatic N) is 1. The van der Waals surface area contributed by atoms with Gasteiger partial charge >= 0.3 is 0 Å². The minimum absolute atomic E-state index is 0.361. The van der Waals surface area contributed by atoms with Crippen molar-refractivity contribution < 1.29 is 4.79 Å². The molecular formula is C11H11BrN2O. The van der Waals surface area contributed by atoms with Crippen LogP contribution in [-0.4, -0.2) is 12.1 Å². The quantitative estimate of drug-likeness (QED) is 0.661. The van der Waals surface area contributed by atoms with Gasteiger partial charge in [-0.25, -0.2) is 0 Å². The Balaban J connectivity index is 2.48. The molecule has 4 heteroatoms. The summed E-state index contributed by atoms with van der Waals surface area (Å²) in [6.07, 6.45) is 0.876. The topological polar surface area (TPSA) is 41.5 Å². The van der Waals surface area contributed by atoms with Crippen molar-refractivity contribution >= 4 is 33.7 Å². The number of carbonyl (C=O) groups excluding carboxylic acids is 1. The molecule has 0 aromatic heterocycles. The Labute approximate surface area is 96.7 Å². The molecule has 0 radical (unpaired) electrons. The van der Waals surface area contributed by atoms with Crippen LogP contribution < -0.4 is 5.32 Å². The standard InChI is InChI=1S/C11H11BrN2O/c1-7-13-10-3-2-8(5-12)4-9(10)11(6-15)14-7/h2-4,6,11H,5H2,1H3,(H,13,14). The molecule has 1 unspecified atom stereocenters. The summed E-state index contributed by atoms with van der Waals surface area (Å²) in [7, 11) is 0. The first-order valence-corrected chi connectivity index (χ1v) is 5.82. The fourth-order valence-electron chi connectivity index (χ4n) is 1.66. The number of anilines is 1. The van der Waals surface area contributed by atoms with E-state index in [4.69, 9.17) is 0 Å². The van der Waals surface area contributed by atoms with Crippen molar-refractivity contribution in [1.82, 2.24) is 0 Å². The number of aliphatic imine (C=N–C) groups is 1. The zero-order valence-corrected chi connectivity index (χ0v) is 9.91. The highest BCUT2D eigenvalue weighted by molar-refractivity contribution is 9.08. The molecule has 0 saturated carbocycles. The molecule has 2 rings (SSSR count). The molecule has 78 valence electrons. The van der Waals surface area contributed by atoms with E-state index in [2.05, 4.69) is 26.2 Å². The van der Waals surface area contributed by atoms with Gasteiger partial charge in [0.05, 0.1) is 5.84 Å². The fraction of sp³-hybridized carbons (Fsp3) is 0.273. The maximum atomic E-state index is 10.9. The van der Waals surface area contributed by atoms with E-state index in [-0.39, 0.29) is 6.04 Å². The van der Waals surface area contributed by atoms with E-state index in [0.29, 0.717) is 0 Å². The third-order valence-corrected chi connectivity index (χ3v) is 3.01. The Morgan fingerprint density at radius 2 is 2.40 bits per heavy atom. The number of halogens is 1. The average molecular weight is 267 g/mol. The van der Waals surface area contributed by atoms with E-state index in [1.54, 1.807) is 0 Å². The molecule has 1 aliphatic heterocycles. The summed E-state index contributed by atoms with van der Waals surface area (Å²) in [4.78, 5) is 15.2. The molecule has 15 heavy (non-hydrogen) atoms. The minimum atomic E-state index is -0.361. The zero-order chi connectivity index (χ0) is 10.8. The van der Waals surface area contributed by atoms with Gasteiger partial charge in [0.15, 0.2) is 0 Å². The Hall–Kier alpha value is -1.16. The molecule has 1 heterocycles. The van der Waals surface area contributed by atoms with Crippen LogP contribution in [-0.2, 0) is 10.1 Å². The fourth-order valence-corrected chi connectivity index (χ4v) is 2.01. The summed E-state index contributed by atoms with van der Waals surface area (Å²) in [5, 5.41) is 3.94. The van der Waals surface area contributed by atoms with Gasteiger partial charge in [0, 0.05) is 16.6 Å². The van der Waals surface area contributed by atoms with Gasteiger partial charge in [-0.1, -0.05) is 28.1 Å². The van der Waals surface area contributed by atoms with Gasteiger partial charge in [-0.3, -0.25) is 4.99 Å². The molecule has 1 N–H and O–H groups in total. The van der Waals surface area contributed by atoms with Gasteiger partial charge in [0.2, 0.25) is 0 Å². The summed E-state index contributed by atoms with van der Waals surface area (Å²) in [5.41, 5.74) is 3.08. The van der Waals surface area contributed by atoms with Crippen molar-refractivity contribution in [3.8, 4) is 0 Å². The lowest BCUT2D eigenvalue weighted by atomic mass is 10.0. The van der Waals surface area contributed by atoms with Crippen LogP contribution in [0.4, 0.5) is 5.69 Å². The van der Waals surface area contributed by atoms with Crippen LogP contribution in [0.25, 0.3) is 0 Å². The van der Waals surface area contributed by atoms with E-state index in [0.717, 1.165) is 34.3 Å². The molecule has 1 aliphatic rings. The number of aldehydes is 1. The number of benzene rings is 1. The molecule has 0 saturated heterocycles. The summed E-state index contributed by atoms with van der Waals surface area (Å²) in [6, 6.07) is 5.66. The first-order chi connectivity index (χ1) is 7.24. The van der Waals surface area contributed by atoms with Crippen LogP contribution in [0.5, 0.6) is 0 Å². The largest absolute Gasteiger partial charge is 0.344 e. The number of hydrogen-bond donors (Lipinski definition) is 1. The van der Waals surface area contributed by atoms with Crippen molar-refractivity contribution in [1.29, 1.82) is 0 Å². The molecular weight excluding hydrogens is 256 g/mol. The second kappa shape index (κ2) is 4.14. The molecule has 1 aromatic carbocycles. The minimum Gasteiger partial charge on any atom is -0.344 e. The Kier molecular flexibility index (Phi) is 2.86. The number of hydrogen-bond acceptors (Lipinski definition) is 3. The van der Waals surface area contributed by atoms with Crippen molar-refractivity contribution in [3.63, 3.8) is 0 Å². The van der Waals surface area contributed by atoms with Crippen molar-refractivity contribution in [2.75, 3.05) is 5.32 Å². The summed E-state index contributed by atoms with van der Waals surface area (Å²) in [6.45, 7) is 1.86. The number of nitrogens with one attached hydrogen (secondary N) is 1. The third-order valence-electron chi connectivity index (χ3n) is 2.37. The van der Waals surface area contributed by atoms with Gasteiger partial charge in [-0.15, -0.1) is 0 Å². The predicted molar refractivity (Wildman–Crippen MR) is 64.6 cm³/mol. The first kappa shape index (κ1) is 10.4. The number of rotatable bonds is 2. The van der Waals surface area contributed by atoms with E-state index in [1.807, 2.05) is 25.1 Å². The average Bonchev–Trinajstić information content (AvgIpc) is 2.27. The second-order valence-electron chi connectivity index (χ2n) is 3.48. The molecule has 1 aromatic rings. The first-order valence-electron chi connectivity index (χ1n) is 4.70. The SMILES string of the molecule is CC1=NC(C=O)c2cc(CBr)ccc2N1. The lowest BCUT2D eigenvalue weighted by Crippen LogP contribution is -2.18. The summed E-state index contributed by atoms with van der Waals surface area (Å²) in [5.74, 6) is 0.784. The lowest BCUT2D eigenvalue weighted by Gasteiger charge is -2.21. The van der Waals surface area contributed by atoms with Crippen molar-refractivity contribution in [3.05, 3.63) is 29.3 Å². The highest BCUT2D eigenvalue weighted by Crippen LogP contribution is 2.29. The van der Waals surface area contributed by atoms with Gasteiger partial charge < -0.3 is 10.1 Å². The lowest BCUT2D eigenvalue weighted by molar-refractivity contribution is -0.108. The second-order valence-corrected chi connectivity index (χ2v) is 4.04. The number of fused-ring (bicyclic) bond motifs is 1. The van der Waals surface area contributed by atoms with Crippen LogP contribution >= 0.6 is 15.9 Å². The number of amidine groups is 1. The van der Waals surface area contributed by atoms with Gasteiger partial charge in [0.1, 0.15) is 12.3 Å². The van der Waals surface area contributed by atoms with Gasteiger partial charge in [-0.2, -0.15) is 0 Å². The Morgan fingerprint density at radius 1 is 1.60 bits per heavy atom. The molecule has 0 spiro atoms. The summed E-state index contributed by atoms with van der Waals surface area (Å²) < 4.78 is 0. The molecule has 3 nitrogen and oxygen atoms in total. The van der Waals surface area contributed by atoms with Crippen LogP contribution in [0.15, 0.2) is 23.2 Å². The number of alkyl halides is 1. The monoisotopic (exact) mass is 266 g/mol. The van der Waals surface area contributed by atoms with E-state index in [1.165, 1.54) is 0 Å².